The lowest BCUT2D eigenvalue weighted by atomic mass is 10.4. The number of alkyl halides is 1. The van der Waals surface area contributed by atoms with Crippen LogP contribution < -0.4 is 0 Å². The van der Waals surface area contributed by atoms with Gasteiger partial charge < -0.3 is 9.64 Å². The summed E-state index contributed by atoms with van der Waals surface area (Å²) in [6.07, 6.45) is 1.96. The second-order valence-corrected chi connectivity index (χ2v) is 4.28. The van der Waals surface area contributed by atoms with Gasteiger partial charge in [-0.15, -0.1) is 11.6 Å². The summed E-state index contributed by atoms with van der Waals surface area (Å²) in [6, 6.07) is 0. The Kier molecular flexibility index (Phi) is 2.95. The Balaban J connectivity index is 2.23. The Morgan fingerprint density at radius 2 is 2.50 bits per heavy atom. The van der Waals surface area contributed by atoms with E-state index in [0.29, 0.717) is 22.7 Å². The van der Waals surface area contributed by atoms with E-state index in [9.17, 15) is 0 Å². The summed E-state index contributed by atoms with van der Waals surface area (Å²) in [5.41, 5.74) is 0.882. The van der Waals surface area contributed by atoms with Crippen LogP contribution in [0.5, 0.6) is 0 Å². The molecule has 0 fully saturated rings. The molecule has 3 nitrogen and oxygen atoms in total. The fraction of sp³-hybridized carbons (Fsp3) is 0.375. The molecule has 0 amide bonds. The number of ether oxygens (including phenoxy) is 1. The van der Waals surface area contributed by atoms with Crippen molar-refractivity contribution in [2.45, 2.75) is 0 Å². The number of nitrogens with zero attached hydrogens (tertiary/aromatic N) is 2. The van der Waals surface area contributed by atoms with E-state index in [0.717, 1.165) is 10.9 Å². The molecule has 0 bridgehead atoms. The van der Waals surface area contributed by atoms with Gasteiger partial charge in [0.15, 0.2) is 15.4 Å². The van der Waals surface area contributed by atoms with E-state index in [2.05, 4.69) is 4.99 Å². The molecule has 2 aliphatic heterocycles. The van der Waals surface area contributed by atoms with Gasteiger partial charge in [-0.25, -0.2) is 4.99 Å². The summed E-state index contributed by atoms with van der Waals surface area (Å²) in [6.45, 7) is 0.708. The number of thioether (sulfide) groups is 1. The molecule has 0 spiro atoms. The third-order valence-corrected chi connectivity index (χ3v) is 3.69. The van der Waals surface area contributed by atoms with Gasteiger partial charge in [0.2, 0.25) is 0 Å². The summed E-state index contributed by atoms with van der Waals surface area (Å²) >= 11 is 13.2. The van der Waals surface area contributed by atoms with Crippen LogP contribution in [-0.4, -0.2) is 29.6 Å². The molecule has 2 heterocycles. The van der Waals surface area contributed by atoms with Gasteiger partial charge >= 0.3 is 0 Å². The molecule has 0 unspecified atom stereocenters. The van der Waals surface area contributed by atoms with Crippen molar-refractivity contribution in [1.29, 1.82) is 0 Å². The Labute approximate surface area is 96.4 Å². The molecule has 0 atom stereocenters. The van der Waals surface area contributed by atoms with Crippen LogP contribution in [0.3, 0.4) is 0 Å². The Morgan fingerprint density at radius 3 is 3.14 bits per heavy atom. The number of amidine groups is 1. The van der Waals surface area contributed by atoms with Crippen LogP contribution in [0.2, 0.25) is 0 Å². The average molecular weight is 251 g/mol. The van der Waals surface area contributed by atoms with Crippen LogP contribution in [0.4, 0.5) is 0 Å². The highest BCUT2D eigenvalue weighted by atomic mass is 35.5. The van der Waals surface area contributed by atoms with Gasteiger partial charge in [-0.1, -0.05) is 11.6 Å². The molecule has 2 aliphatic rings. The van der Waals surface area contributed by atoms with Crippen LogP contribution in [0.25, 0.3) is 0 Å². The molecule has 76 valence electrons. The van der Waals surface area contributed by atoms with Crippen molar-refractivity contribution in [3.8, 4) is 0 Å². The van der Waals surface area contributed by atoms with Gasteiger partial charge in [0, 0.05) is 6.54 Å². The normalized spacial score (nSPS) is 20.6. The number of allylic oxidation sites excluding steroid dienone is 1. The maximum Gasteiger partial charge on any atom is 0.196 e. The molecule has 6 heteroatoms. The van der Waals surface area contributed by atoms with Crippen molar-refractivity contribution in [1.82, 2.24) is 4.90 Å². The number of fused-ring (bicyclic) bond motifs is 1. The van der Waals surface area contributed by atoms with E-state index in [1.54, 1.807) is 7.11 Å². The summed E-state index contributed by atoms with van der Waals surface area (Å²) < 4.78 is 5.12. The molecule has 0 aromatic rings. The fourth-order valence-corrected chi connectivity index (χ4v) is 2.63. The number of hydrogen-bond acceptors (Lipinski definition) is 4. The van der Waals surface area contributed by atoms with E-state index in [1.807, 2.05) is 11.0 Å². The Morgan fingerprint density at radius 1 is 1.71 bits per heavy atom. The largest absolute Gasteiger partial charge is 0.487 e. The van der Waals surface area contributed by atoms with Crippen LogP contribution in [0.15, 0.2) is 27.0 Å². The molecule has 0 radical (unpaired) electrons. The Bertz CT molecular complexity index is 351. The van der Waals surface area contributed by atoms with E-state index in [1.165, 1.54) is 11.8 Å². The lowest BCUT2D eigenvalue weighted by Gasteiger charge is -2.20. The number of rotatable bonds is 2. The van der Waals surface area contributed by atoms with Gasteiger partial charge in [-0.05, 0) is 17.8 Å². The van der Waals surface area contributed by atoms with E-state index in [-0.39, 0.29) is 0 Å². The van der Waals surface area contributed by atoms with Crippen molar-refractivity contribution in [2.24, 2.45) is 4.99 Å². The molecule has 14 heavy (non-hydrogen) atoms. The second kappa shape index (κ2) is 4.04. The minimum absolute atomic E-state index is 0.428. The lowest BCUT2D eigenvalue weighted by molar-refractivity contribution is 0.318. The molecular weight excluding hydrogens is 243 g/mol. The van der Waals surface area contributed by atoms with Crippen LogP contribution in [0.1, 0.15) is 0 Å². The first-order chi connectivity index (χ1) is 6.76. The lowest BCUT2D eigenvalue weighted by Crippen LogP contribution is -2.25. The molecule has 0 saturated heterocycles. The zero-order chi connectivity index (χ0) is 10.1. The van der Waals surface area contributed by atoms with E-state index < -0.39 is 0 Å². The van der Waals surface area contributed by atoms with Crippen LogP contribution in [-0.2, 0) is 4.74 Å². The van der Waals surface area contributed by atoms with Gasteiger partial charge in [-0.3, -0.25) is 0 Å². The minimum atomic E-state index is 0.428. The molecule has 0 aliphatic carbocycles. The monoisotopic (exact) mass is 250 g/mol. The first-order valence-electron chi connectivity index (χ1n) is 3.99. The SMILES string of the molecule is COC1=C(Cl)N2CC=C(CCl)N=C2S1. The summed E-state index contributed by atoms with van der Waals surface area (Å²) in [5.74, 6) is 0.428. The maximum absolute atomic E-state index is 6.06. The highest BCUT2D eigenvalue weighted by Crippen LogP contribution is 2.38. The van der Waals surface area contributed by atoms with E-state index in [4.69, 9.17) is 27.9 Å². The van der Waals surface area contributed by atoms with Gasteiger partial charge in [0.05, 0.1) is 18.7 Å². The smallest absolute Gasteiger partial charge is 0.196 e. The second-order valence-electron chi connectivity index (χ2n) is 2.72. The summed E-state index contributed by atoms with van der Waals surface area (Å²) in [7, 11) is 1.60. The zero-order valence-corrected chi connectivity index (χ0v) is 9.79. The van der Waals surface area contributed by atoms with Crippen LogP contribution >= 0.6 is 35.0 Å². The fourth-order valence-electron chi connectivity index (χ4n) is 1.19. The van der Waals surface area contributed by atoms with Crippen molar-refractivity contribution >= 4 is 40.1 Å². The number of halogens is 2. The van der Waals surface area contributed by atoms with Gasteiger partial charge in [0.1, 0.15) is 0 Å². The third kappa shape index (κ3) is 1.62. The highest BCUT2D eigenvalue weighted by molar-refractivity contribution is 8.17. The van der Waals surface area contributed by atoms with Crippen molar-refractivity contribution in [3.05, 3.63) is 22.0 Å². The Hall–Kier alpha value is -0.320. The van der Waals surface area contributed by atoms with Crippen molar-refractivity contribution in [3.63, 3.8) is 0 Å². The van der Waals surface area contributed by atoms with Crippen molar-refractivity contribution < 1.29 is 4.74 Å². The molecule has 2 rings (SSSR count). The number of methoxy groups -OCH3 is 1. The van der Waals surface area contributed by atoms with E-state index >= 15 is 0 Å². The highest BCUT2D eigenvalue weighted by Gasteiger charge is 2.30. The summed E-state index contributed by atoms with van der Waals surface area (Å²) in [4.78, 5) is 6.23. The quantitative estimate of drug-likeness (QED) is 0.557. The molecule has 0 aromatic heterocycles. The van der Waals surface area contributed by atoms with Gasteiger partial charge in [0.25, 0.3) is 0 Å². The molecule has 0 saturated carbocycles. The predicted octanol–water partition coefficient (Wildman–Crippen LogP) is 2.54. The molecule has 0 aromatic carbocycles. The molecule has 0 N–H and O–H groups in total. The maximum atomic E-state index is 6.06. The van der Waals surface area contributed by atoms with Crippen LogP contribution in [0, 0.1) is 0 Å². The number of aliphatic imine (C=N–C) groups is 1. The standard InChI is InChI=1S/C8H8Cl2N2OS/c1-13-7-6(10)12-3-2-5(4-9)11-8(12)14-7/h2H,3-4H2,1H3. The zero-order valence-electron chi connectivity index (χ0n) is 7.46. The average Bonchev–Trinajstić information content (AvgIpc) is 2.55. The predicted molar refractivity (Wildman–Crippen MR) is 60.4 cm³/mol. The topological polar surface area (TPSA) is 24.8 Å². The first kappa shape index (κ1) is 10.2. The summed E-state index contributed by atoms with van der Waals surface area (Å²) in [5, 5.41) is 2.13. The van der Waals surface area contributed by atoms with Gasteiger partial charge in [-0.2, -0.15) is 0 Å². The first-order valence-corrected chi connectivity index (χ1v) is 5.72. The molecular formula is C8H8Cl2N2OS. The third-order valence-electron chi connectivity index (χ3n) is 1.89. The minimum Gasteiger partial charge on any atom is -0.487 e. The van der Waals surface area contributed by atoms with Crippen molar-refractivity contribution in [2.75, 3.05) is 19.5 Å². The number of hydrogen-bond donors (Lipinski definition) is 0.